The Morgan fingerprint density at radius 2 is 1.70 bits per heavy atom. The topological polar surface area (TPSA) is 93.0 Å². The molecule has 3 aromatic carbocycles. The molecule has 8 nitrogen and oxygen atoms in total. The third kappa shape index (κ3) is 6.46. The average molecular weight is 624 g/mol. The molecule has 10 heteroatoms. The first kappa shape index (κ1) is 29.1. The van der Waals surface area contributed by atoms with Gasteiger partial charge in [-0.3, -0.25) is 9.10 Å². The molecule has 40 heavy (non-hydrogen) atoms. The zero-order valence-corrected chi connectivity index (χ0v) is 25.2. The van der Waals surface area contributed by atoms with Gasteiger partial charge in [0, 0.05) is 27.1 Å². The Balaban J connectivity index is 1.58. The normalized spacial score (nSPS) is 11.5. The number of para-hydroxylation sites is 2. The summed E-state index contributed by atoms with van der Waals surface area (Å²) in [5, 5.41) is 4.14. The minimum absolute atomic E-state index is 0.0704. The summed E-state index contributed by atoms with van der Waals surface area (Å²) in [6.45, 7) is 7.50. The molecule has 0 atom stereocenters. The predicted octanol–water partition coefficient (Wildman–Crippen LogP) is 5.91. The van der Waals surface area contributed by atoms with Gasteiger partial charge in [0.25, 0.3) is 15.9 Å². The number of benzene rings is 3. The van der Waals surface area contributed by atoms with Gasteiger partial charge in [0.05, 0.1) is 23.4 Å². The number of anilines is 1. The molecular formula is C30H31BrN4O4S. The third-order valence-electron chi connectivity index (χ3n) is 6.28. The van der Waals surface area contributed by atoms with Crippen molar-refractivity contribution in [2.24, 2.45) is 5.10 Å². The molecule has 4 rings (SSSR count). The van der Waals surface area contributed by atoms with Gasteiger partial charge in [0.15, 0.2) is 0 Å². The van der Waals surface area contributed by atoms with E-state index in [1.165, 1.54) is 12.1 Å². The average Bonchev–Trinajstić information content (AvgIpc) is 3.21. The van der Waals surface area contributed by atoms with Gasteiger partial charge in [0.2, 0.25) is 0 Å². The molecule has 0 fully saturated rings. The lowest BCUT2D eigenvalue weighted by atomic mass is 10.2. The van der Waals surface area contributed by atoms with E-state index in [0.717, 1.165) is 37.0 Å². The molecule has 0 radical (unpaired) electrons. The Morgan fingerprint density at radius 3 is 2.38 bits per heavy atom. The fourth-order valence-electron chi connectivity index (χ4n) is 4.32. The number of hydrazone groups is 1. The zero-order valence-electron chi connectivity index (χ0n) is 22.8. The molecule has 4 aromatic rings. The number of nitrogens with one attached hydrogen (secondary N) is 1. The zero-order chi connectivity index (χ0) is 28.9. The second-order valence-electron chi connectivity index (χ2n) is 9.16. The number of aryl methyl sites for hydroxylation is 2. The molecule has 0 aliphatic carbocycles. The van der Waals surface area contributed by atoms with Crippen molar-refractivity contribution in [3.8, 4) is 11.4 Å². The highest BCUT2D eigenvalue weighted by Gasteiger charge is 2.29. The van der Waals surface area contributed by atoms with E-state index in [1.54, 1.807) is 42.6 Å². The van der Waals surface area contributed by atoms with E-state index < -0.39 is 22.5 Å². The minimum Gasteiger partial charge on any atom is -0.492 e. The van der Waals surface area contributed by atoms with Gasteiger partial charge in [0.1, 0.15) is 12.3 Å². The van der Waals surface area contributed by atoms with E-state index in [1.807, 2.05) is 58.0 Å². The van der Waals surface area contributed by atoms with Gasteiger partial charge in [-0.1, -0.05) is 45.8 Å². The van der Waals surface area contributed by atoms with E-state index >= 15 is 0 Å². The third-order valence-corrected chi connectivity index (χ3v) is 8.58. The Bertz CT molecular complexity index is 1630. The molecule has 1 amide bonds. The second-order valence-corrected chi connectivity index (χ2v) is 11.9. The van der Waals surface area contributed by atoms with Crippen LogP contribution < -0.4 is 14.5 Å². The largest absolute Gasteiger partial charge is 0.492 e. The number of ether oxygens (including phenoxy) is 1. The Labute approximate surface area is 243 Å². The Hall–Kier alpha value is -3.89. The fourth-order valence-corrected chi connectivity index (χ4v) is 6.02. The first-order valence-electron chi connectivity index (χ1n) is 12.7. The summed E-state index contributed by atoms with van der Waals surface area (Å²) < 4.78 is 37.3. The number of amides is 1. The maximum absolute atomic E-state index is 13.7. The number of sulfonamides is 1. The van der Waals surface area contributed by atoms with Crippen LogP contribution in [0.3, 0.4) is 0 Å². The van der Waals surface area contributed by atoms with Gasteiger partial charge in [-0.05, 0) is 82.3 Å². The first-order valence-corrected chi connectivity index (χ1v) is 14.9. The summed E-state index contributed by atoms with van der Waals surface area (Å²) in [6.07, 6.45) is 1.56. The predicted molar refractivity (Wildman–Crippen MR) is 162 cm³/mol. The Morgan fingerprint density at radius 1 is 1.02 bits per heavy atom. The molecular weight excluding hydrogens is 592 g/mol. The number of aromatic nitrogens is 1. The highest BCUT2D eigenvalue weighted by atomic mass is 79.9. The van der Waals surface area contributed by atoms with Crippen molar-refractivity contribution in [2.75, 3.05) is 17.5 Å². The van der Waals surface area contributed by atoms with E-state index in [2.05, 4.69) is 31.0 Å². The van der Waals surface area contributed by atoms with Crippen LogP contribution in [0.2, 0.25) is 0 Å². The molecule has 1 N–H and O–H groups in total. The number of carbonyl (C=O) groups is 1. The van der Waals surface area contributed by atoms with Gasteiger partial charge >= 0.3 is 0 Å². The Kier molecular flexibility index (Phi) is 9.11. The van der Waals surface area contributed by atoms with Crippen LogP contribution in [0.25, 0.3) is 5.69 Å². The molecule has 0 saturated carbocycles. The van der Waals surface area contributed by atoms with Gasteiger partial charge < -0.3 is 9.30 Å². The minimum atomic E-state index is -4.09. The van der Waals surface area contributed by atoms with Gasteiger partial charge in [-0.2, -0.15) is 5.10 Å². The van der Waals surface area contributed by atoms with E-state index in [4.69, 9.17) is 4.74 Å². The maximum Gasteiger partial charge on any atom is 0.264 e. The number of carbonyl (C=O) groups excluding carboxylic acids is 1. The van der Waals surface area contributed by atoms with Gasteiger partial charge in [-0.25, -0.2) is 13.8 Å². The summed E-state index contributed by atoms with van der Waals surface area (Å²) in [4.78, 5) is 13.1. The summed E-state index contributed by atoms with van der Waals surface area (Å²) in [5.41, 5.74) is 7.47. The lowest BCUT2D eigenvalue weighted by Gasteiger charge is -2.25. The lowest BCUT2D eigenvalue weighted by molar-refractivity contribution is -0.119. The van der Waals surface area contributed by atoms with Crippen molar-refractivity contribution in [1.29, 1.82) is 0 Å². The smallest absolute Gasteiger partial charge is 0.264 e. The monoisotopic (exact) mass is 622 g/mol. The van der Waals surface area contributed by atoms with Crippen molar-refractivity contribution in [2.45, 2.75) is 32.6 Å². The molecule has 0 unspecified atom stereocenters. The summed E-state index contributed by atoms with van der Waals surface area (Å²) in [6, 6.07) is 23.2. The quantitative estimate of drug-likeness (QED) is 0.176. The van der Waals surface area contributed by atoms with Gasteiger partial charge in [-0.15, -0.1) is 0 Å². The second kappa shape index (κ2) is 12.5. The number of rotatable bonds is 10. The molecule has 0 aliphatic heterocycles. The SMILES string of the molecule is CCOc1ccccc1N(CC(=O)N/N=C\c1cc(C)n(-c2ccc(Br)cc2)c1C)S(=O)(=O)c1ccc(C)cc1. The van der Waals surface area contributed by atoms with Crippen LogP contribution in [0.15, 0.2) is 93.3 Å². The number of nitrogens with zero attached hydrogens (tertiary/aromatic N) is 3. The highest BCUT2D eigenvalue weighted by molar-refractivity contribution is 9.10. The number of hydrogen-bond donors (Lipinski definition) is 1. The number of halogens is 1. The highest BCUT2D eigenvalue weighted by Crippen LogP contribution is 2.32. The molecule has 0 saturated heterocycles. The standard InChI is InChI=1S/C30H31BrN4O4S/c1-5-39-29-9-7-6-8-28(29)34(40(37,38)27-16-10-21(2)11-17-27)20-30(36)33-32-19-24-18-22(3)35(23(24)4)26-14-12-25(31)13-15-26/h6-19H,5,20H2,1-4H3,(H,33,36)/b32-19-. The van der Waals surface area contributed by atoms with E-state index in [9.17, 15) is 13.2 Å². The van der Waals surface area contributed by atoms with Crippen LogP contribution in [0.1, 0.15) is 29.4 Å². The number of hydrogen-bond acceptors (Lipinski definition) is 5. The van der Waals surface area contributed by atoms with Crippen LogP contribution in [0, 0.1) is 20.8 Å². The van der Waals surface area contributed by atoms with Crippen LogP contribution in [0.5, 0.6) is 5.75 Å². The summed E-state index contributed by atoms with van der Waals surface area (Å²) >= 11 is 3.46. The van der Waals surface area contributed by atoms with E-state index in [-0.39, 0.29) is 10.6 Å². The molecule has 0 spiro atoms. The van der Waals surface area contributed by atoms with Crippen molar-refractivity contribution in [3.63, 3.8) is 0 Å². The maximum atomic E-state index is 13.7. The summed E-state index contributed by atoms with van der Waals surface area (Å²) in [5.74, 6) is -0.239. The van der Waals surface area contributed by atoms with Crippen LogP contribution in [0.4, 0.5) is 5.69 Å². The van der Waals surface area contributed by atoms with Crippen LogP contribution in [-0.2, 0) is 14.8 Å². The molecule has 1 heterocycles. The molecule has 1 aromatic heterocycles. The lowest BCUT2D eigenvalue weighted by Crippen LogP contribution is -2.39. The summed E-state index contributed by atoms with van der Waals surface area (Å²) in [7, 11) is -4.09. The molecule has 0 aliphatic rings. The van der Waals surface area contributed by atoms with Crippen LogP contribution >= 0.6 is 15.9 Å². The van der Waals surface area contributed by atoms with Crippen LogP contribution in [-0.4, -0.2) is 38.3 Å². The first-order chi connectivity index (χ1) is 19.1. The van der Waals surface area contributed by atoms with Crippen molar-refractivity contribution >= 4 is 43.8 Å². The molecule has 0 bridgehead atoms. The van der Waals surface area contributed by atoms with Crippen molar-refractivity contribution in [1.82, 2.24) is 9.99 Å². The van der Waals surface area contributed by atoms with E-state index in [0.29, 0.717) is 12.4 Å². The van der Waals surface area contributed by atoms with Crippen molar-refractivity contribution in [3.05, 3.63) is 106 Å². The van der Waals surface area contributed by atoms with Crippen molar-refractivity contribution < 1.29 is 17.9 Å². The molecule has 208 valence electrons. The fraction of sp³-hybridized carbons (Fsp3) is 0.200.